The van der Waals surface area contributed by atoms with E-state index in [9.17, 15) is 0 Å². The molecule has 0 aliphatic rings. The van der Waals surface area contributed by atoms with E-state index in [-0.39, 0.29) is 11.9 Å². The Bertz CT molecular complexity index is 448. The van der Waals surface area contributed by atoms with Crippen LogP contribution in [-0.4, -0.2) is 19.7 Å². The third-order valence-corrected chi connectivity index (χ3v) is 2.05. The Morgan fingerprint density at radius 3 is 2.57 bits per heavy atom. The van der Waals surface area contributed by atoms with E-state index in [1.54, 1.807) is 12.3 Å². The van der Waals surface area contributed by atoms with Gasteiger partial charge < -0.3 is 11.5 Å². The molecule has 0 radical (unpaired) electrons. The first-order chi connectivity index (χ1) is 6.66. The summed E-state index contributed by atoms with van der Waals surface area (Å²) in [5, 5.41) is 3.89. The summed E-state index contributed by atoms with van der Waals surface area (Å²) >= 11 is 3.28. The van der Waals surface area contributed by atoms with Gasteiger partial charge in [-0.1, -0.05) is 0 Å². The minimum absolute atomic E-state index is 0.132. The van der Waals surface area contributed by atoms with Crippen molar-refractivity contribution in [3.05, 3.63) is 22.8 Å². The van der Waals surface area contributed by atoms with Gasteiger partial charge in [-0.25, -0.2) is 4.98 Å². The fourth-order valence-corrected chi connectivity index (χ4v) is 1.24. The van der Waals surface area contributed by atoms with Gasteiger partial charge in [0.2, 0.25) is 11.9 Å². The molecule has 0 fully saturated rings. The Hall–Kier alpha value is -1.63. The Balaban J connectivity index is 2.49. The summed E-state index contributed by atoms with van der Waals surface area (Å²) in [6, 6.07) is 3.59. The molecule has 14 heavy (non-hydrogen) atoms. The van der Waals surface area contributed by atoms with Crippen molar-refractivity contribution in [2.45, 2.75) is 0 Å². The van der Waals surface area contributed by atoms with Crippen molar-refractivity contribution in [3.8, 4) is 5.82 Å². The van der Waals surface area contributed by atoms with E-state index in [4.69, 9.17) is 11.5 Å². The summed E-state index contributed by atoms with van der Waals surface area (Å²) in [6.45, 7) is 0. The molecule has 4 N–H and O–H groups in total. The highest BCUT2D eigenvalue weighted by atomic mass is 79.9. The maximum absolute atomic E-state index is 5.57. The number of nitrogens with two attached hydrogens (primary N) is 2. The molecular formula is C7H7BrN6. The van der Waals surface area contributed by atoms with Gasteiger partial charge in [0, 0.05) is 10.7 Å². The molecule has 7 heteroatoms. The molecule has 2 aromatic rings. The highest BCUT2D eigenvalue weighted by Gasteiger charge is 2.06. The number of hydrogen-bond acceptors (Lipinski definition) is 5. The van der Waals surface area contributed by atoms with Crippen molar-refractivity contribution >= 4 is 27.8 Å². The molecule has 2 rings (SSSR count). The first-order valence-electron chi connectivity index (χ1n) is 3.77. The van der Waals surface area contributed by atoms with Crippen molar-refractivity contribution in [2.75, 3.05) is 11.5 Å². The van der Waals surface area contributed by atoms with Crippen LogP contribution in [0.15, 0.2) is 22.8 Å². The molecule has 0 aromatic carbocycles. The summed E-state index contributed by atoms with van der Waals surface area (Å²) in [5.41, 5.74) is 11.0. The maximum atomic E-state index is 5.57. The molecular weight excluding hydrogens is 248 g/mol. The van der Waals surface area contributed by atoms with Crippen LogP contribution in [0.25, 0.3) is 5.82 Å². The Morgan fingerprint density at radius 1 is 1.29 bits per heavy atom. The van der Waals surface area contributed by atoms with Crippen molar-refractivity contribution in [2.24, 2.45) is 0 Å². The zero-order valence-electron chi connectivity index (χ0n) is 7.05. The van der Waals surface area contributed by atoms with E-state index >= 15 is 0 Å². The van der Waals surface area contributed by atoms with Crippen LogP contribution in [0.5, 0.6) is 0 Å². The van der Waals surface area contributed by atoms with Crippen LogP contribution in [0.1, 0.15) is 0 Å². The largest absolute Gasteiger partial charge is 0.368 e. The van der Waals surface area contributed by atoms with E-state index in [0.717, 1.165) is 4.47 Å². The molecule has 0 saturated heterocycles. The molecule has 2 heterocycles. The fraction of sp³-hybridized carbons (Fsp3) is 0. The van der Waals surface area contributed by atoms with Gasteiger partial charge in [0.05, 0.1) is 0 Å². The van der Waals surface area contributed by atoms with Crippen molar-refractivity contribution in [1.82, 2.24) is 19.7 Å². The van der Waals surface area contributed by atoms with Gasteiger partial charge >= 0.3 is 0 Å². The Kier molecular flexibility index (Phi) is 2.08. The average molecular weight is 255 g/mol. The summed E-state index contributed by atoms with van der Waals surface area (Å²) in [6.07, 6.45) is 1.65. The van der Waals surface area contributed by atoms with Crippen LogP contribution in [0.3, 0.4) is 0 Å². The first kappa shape index (κ1) is 8.95. The van der Waals surface area contributed by atoms with Crippen molar-refractivity contribution in [3.63, 3.8) is 0 Å². The standard InChI is InChI=1S/C7H7BrN6/c8-4-1-2-5(11-3-4)14-7(10)12-6(9)13-14/h1-3H,(H4,9,10,12,13). The first-order valence-corrected chi connectivity index (χ1v) is 4.56. The molecule has 6 nitrogen and oxygen atoms in total. The number of hydrogen-bond donors (Lipinski definition) is 2. The fourth-order valence-electron chi connectivity index (χ4n) is 1.00. The quantitative estimate of drug-likeness (QED) is 0.777. The average Bonchev–Trinajstić information content (AvgIpc) is 2.47. The van der Waals surface area contributed by atoms with Gasteiger partial charge in [-0.15, -0.1) is 5.10 Å². The monoisotopic (exact) mass is 254 g/mol. The van der Waals surface area contributed by atoms with Crippen LogP contribution in [-0.2, 0) is 0 Å². The van der Waals surface area contributed by atoms with E-state index in [2.05, 4.69) is 31.0 Å². The third-order valence-electron chi connectivity index (χ3n) is 1.58. The SMILES string of the molecule is Nc1nc(N)n(-c2ccc(Br)cn2)n1. The molecule has 2 aromatic heterocycles. The van der Waals surface area contributed by atoms with Gasteiger partial charge in [-0.3, -0.25) is 0 Å². The van der Waals surface area contributed by atoms with Gasteiger partial charge in [-0.2, -0.15) is 9.67 Å². The van der Waals surface area contributed by atoms with Crippen LogP contribution in [0.2, 0.25) is 0 Å². The molecule has 0 bridgehead atoms. The van der Waals surface area contributed by atoms with E-state index in [1.165, 1.54) is 4.68 Å². The van der Waals surface area contributed by atoms with E-state index < -0.39 is 0 Å². The molecule has 72 valence electrons. The lowest BCUT2D eigenvalue weighted by Crippen LogP contribution is -2.04. The molecule has 0 amide bonds. The normalized spacial score (nSPS) is 10.4. The van der Waals surface area contributed by atoms with Gasteiger partial charge in [0.25, 0.3) is 0 Å². The lowest BCUT2D eigenvalue weighted by atomic mass is 10.5. The van der Waals surface area contributed by atoms with Gasteiger partial charge in [-0.05, 0) is 28.1 Å². The van der Waals surface area contributed by atoms with Gasteiger partial charge in [0.15, 0.2) is 5.82 Å². The number of nitrogens with zero attached hydrogens (tertiary/aromatic N) is 4. The third kappa shape index (κ3) is 1.53. The second-order valence-corrected chi connectivity index (χ2v) is 3.49. The van der Waals surface area contributed by atoms with Crippen LogP contribution >= 0.6 is 15.9 Å². The highest BCUT2D eigenvalue weighted by molar-refractivity contribution is 9.10. The van der Waals surface area contributed by atoms with Gasteiger partial charge in [0.1, 0.15) is 0 Å². The van der Waals surface area contributed by atoms with E-state index in [1.807, 2.05) is 6.07 Å². The molecule has 0 aliphatic carbocycles. The molecule has 0 aliphatic heterocycles. The topological polar surface area (TPSA) is 95.6 Å². The van der Waals surface area contributed by atoms with Crippen molar-refractivity contribution < 1.29 is 0 Å². The summed E-state index contributed by atoms with van der Waals surface area (Å²) < 4.78 is 2.26. The predicted octanol–water partition coefficient (Wildman–Crippen LogP) is 0.589. The number of rotatable bonds is 1. The minimum Gasteiger partial charge on any atom is -0.368 e. The second kappa shape index (κ2) is 3.26. The molecule has 0 unspecified atom stereocenters. The Labute approximate surface area is 88.1 Å². The summed E-state index contributed by atoms with van der Waals surface area (Å²) in [5.74, 6) is 0.930. The summed E-state index contributed by atoms with van der Waals surface area (Å²) in [4.78, 5) is 7.87. The summed E-state index contributed by atoms with van der Waals surface area (Å²) in [7, 11) is 0. The minimum atomic E-state index is 0.132. The number of halogens is 1. The maximum Gasteiger partial charge on any atom is 0.241 e. The smallest absolute Gasteiger partial charge is 0.241 e. The van der Waals surface area contributed by atoms with Crippen LogP contribution in [0, 0.1) is 0 Å². The molecule has 0 spiro atoms. The van der Waals surface area contributed by atoms with Crippen LogP contribution in [0.4, 0.5) is 11.9 Å². The number of anilines is 2. The Morgan fingerprint density at radius 2 is 2.07 bits per heavy atom. The number of pyridine rings is 1. The zero-order chi connectivity index (χ0) is 10.1. The van der Waals surface area contributed by atoms with Crippen molar-refractivity contribution in [1.29, 1.82) is 0 Å². The molecule has 0 atom stereocenters. The number of aromatic nitrogens is 4. The highest BCUT2D eigenvalue weighted by Crippen LogP contribution is 2.12. The lowest BCUT2D eigenvalue weighted by molar-refractivity contribution is 0.860. The second-order valence-electron chi connectivity index (χ2n) is 2.57. The predicted molar refractivity (Wildman–Crippen MR) is 55.7 cm³/mol. The van der Waals surface area contributed by atoms with Crippen LogP contribution < -0.4 is 11.5 Å². The zero-order valence-corrected chi connectivity index (χ0v) is 8.64. The lowest BCUT2D eigenvalue weighted by Gasteiger charge is -1.99. The van der Waals surface area contributed by atoms with E-state index in [0.29, 0.717) is 5.82 Å². The molecule has 0 saturated carbocycles. The number of nitrogen functional groups attached to an aromatic ring is 2.